The molecular weight excluding hydrogens is 278 g/mol. The van der Waals surface area contributed by atoms with Crippen molar-refractivity contribution in [2.45, 2.75) is 45.4 Å². The Balaban J connectivity index is 1.89. The summed E-state index contributed by atoms with van der Waals surface area (Å²) in [6, 6.07) is 7.56. The number of anilines is 1. The Kier molecular flexibility index (Phi) is 3.31. The van der Waals surface area contributed by atoms with Gasteiger partial charge in [0, 0.05) is 18.7 Å². The highest BCUT2D eigenvalue weighted by atomic mass is 16.4. The normalized spacial score (nSPS) is 28.0. The van der Waals surface area contributed by atoms with Crippen molar-refractivity contribution in [3.05, 3.63) is 29.8 Å². The number of hydrogen-bond acceptors (Lipinski definition) is 2. The summed E-state index contributed by atoms with van der Waals surface area (Å²) >= 11 is 0. The maximum absolute atomic E-state index is 11.9. The van der Waals surface area contributed by atoms with E-state index >= 15 is 0 Å². The summed E-state index contributed by atoms with van der Waals surface area (Å²) in [6.45, 7) is 7.05. The van der Waals surface area contributed by atoms with Crippen molar-refractivity contribution < 1.29 is 14.7 Å². The monoisotopic (exact) mass is 301 g/mol. The molecule has 118 valence electrons. The number of benzene rings is 1. The lowest BCUT2D eigenvalue weighted by Gasteiger charge is -2.23. The highest BCUT2D eigenvalue weighted by Crippen LogP contribution is 2.62. The van der Waals surface area contributed by atoms with Crippen molar-refractivity contribution in [3.63, 3.8) is 0 Å². The lowest BCUT2D eigenvalue weighted by atomic mass is 9.81. The molecule has 1 aliphatic heterocycles. The fraction of sp³-hybridized carbons (Fsp3) is 0.556. The Morgan fingerprint density at radius 2 is 1.91 bits per heavy atom. The van der Waals surface area contributed by atoms with Crippen LogP contribution in [0.25, 0.3) is 0 Å². The van der Waals surface area contributed by atoms with Gasteiger partial charge in [0.05, 0.1) is 5.41 Å². The SMILES string of the molecule is CC(C)(C)C1CC1(C(=O)O)c1ccc(N2CCCC2=O)cc1. The minimum Gasteiger partial charge on any atom is -0.481 e. The number of carbonyl (C=O) groups is 2. The summed E-state index contributed by atoms with van der Waals surface area (Å²) in [5, 5.41) is 9.75. The third kappa shape index (κ3) is 2.21. The first-order valence-corrected chi connectivity index (χ1v) is 7.91. The average molecular weight is 301 g/mol. The number of carbonyl (C=O) groups excluding carboxylic acids is 1. The van der Waals surface area contributed by atoms with Crippen molar-refractivity contribution in [2.75, 3.05) is 11.4 Å². The molecule has 1 saturated carbocycles. The molecule has 22 heavy (non-hydrogen) atoms. The standard InChI is InChI=1S/C18H23NO3/c1-17(2,3)14-11-18(14,16(21)22)12-6-8-13(9-7-12)19-10-4-5-15(19)20/h6-9,14H,4-5,10-11H2,1-3H3,(H,21,22). The van der Waals surface area contributed by atoms with E-state index in [1.165, 1.54) is 0 Å². The van der Waals surface area contributed by atoms with Gasteiger partial charge in [0.25, 0.3) is 0 Å². The van der Waals surface area contributed by atoms with Crippen molar-refractivity contribution in [1.29, 1.82) is 0 Å². The van der Waals surface area contributed by atoms with Crippen molar-refractivity contribution >= 4 is 17.6 Å². The molecule has 2 fully saturated rings. The second kappa shape index (κ2) is 4.83. The van der Waals surface area contributed by atoms with Crippen LogP contribution in [0, 0.1) is 11.3 Å². The molecular formula is C18H23NO3. The van der Waals surface area contributed by atoms with Crippen molar-refractivity contribution in [2.24, 2.45) is 11.3 Å². The molecule has 1 heterocycles. The number of carboxylic acids is 1. The number of rotatable bonds is 3. The van der Waals surface area contributed by atoms with E-state index < -0.39 is 11.4 Å². The molecule has 4 heteroatoms. The Labute approximate surface area is 131 Å². The molecule has 0 bridgehead atoms. The van der Waals surface area contributed by atoms with E-state index in [-0.39, 0.29) is 17.2 Å². The van der Waals surface area contributed by atoms with Crippen LogP contribution in [0.15, 0.2) is 24.3 Å². The largest absolute Gasteiger partial charge is 0.481 e. The molecule has 2 atom stereocenters. The summed E-state index contributed by atoms with van der Waals surface area (Å²) in [4.78, 5) is 25.4. The van der Waals surface area contributed by atoms with Crippen LogP contribution in [0.3, 0.4) is 0 Å². The topological polar surface area (TPSA) is 57.6 Å². The number of amides is 1. The van der Waals surface area contributed by atoms with Crippen LogP contribution in [0.5, 0.6) is 0 Å². The zero-order chi connectivity index (χ0) is 16.1. The molecule has 2 unspecified atom stereocenters. The number of nitrogens with zero attached hydrogens (tertiary/aromatic N) is 1. The van der Waals surface area contributed by atoms with E-state index in [0.29, 0.717) is 12.8 Å². The summed E-state index contributed by atoms with van der Waals surface area (Å²) in [5.41, 5.74) is 0.948. The van der Waals surface area contributed by atoms with Crippen LogP contribution in [0.2, 0.25) is 0 Å². The molecule has 1 aliphatic carbocycles. The summed E-state index contributed by atoms with van der Waals surface area (Å²) in [5.74, 6) is -0.436. The Morgan fingerprint density at radius 3 is 2.32 bits per heavy atom. The van der Waals surface area contributed by atoms with Gasteiger partial charge in [-0.3, -0.25) is 9.59 Å². The Bertz CT molecular complexity index is 614. The molecule has 1 N–H and O–H groups in total. The first-order chi connectivity index (χ1) is 10.3. The smallest absolute Gasteiger partial charge is 0.314 e. The highest BCUT2D eigenvalue weighted by Gasteiger charge is 2.65. The first-order valence-electron chi connectivity index (χ1n) is 7.91. The minimum atomic E-state index is -0.758. The zero-order valence-corrected chi connectivity index (χ0v) is 13.4. The van der Waals surface area contributed by atoms with E-state index in [0.717, 1.165) is 24.2 Å². The van der Waals surface area contributed by atoms with E-state index in [1.54, 1.807) is 4.90 Å². The quantitative estimate of drug-likeness (QED) is 0.932. The third-order valence-electron chi connectivity index (χ3n) is 5.16. The van der Waals surface area contributed by atoms with Gasteiger partial charge in [-0.2, -0.15) is 0 Å². The van der Waals surface area contributed by atoms with Crippen molar-refractivity contribution in [3.8, 4) is 0 Å². The molecule has 4 nitrogen and oxygen atoms in total. The lowest BCUT2D eigenvalue weighted by Crippen LogP contribution is -2.28. The Hall–Kier alpha value is -1.84. The highest BCUT2D eigenvalue weighted by molar-refractivity contribution is 5.95. The molecule has 0 radical (unpaired) electrons. The molecule has 1 amide bonds. The van der Waals surface area contributed by atoms with Crippen LogP contribution in [-0.2, 0) is 15.0 Å². The number of hydrogen-bond donors (Lipinski definition) is 1. The van der Waals surface area contributed by atoms with Crippen LogP contribution in [0.1, 0.15) is 45.6 Å². The van der Waals surface area contributed by atoms with Gasteiger partial charge in [0.1, 0.15) is 0 Å². The molecule has 1 aromatic carbocycles. The predicted molar refractivity (Wildman–Crippen MR) is 84.9 cm³/mol. The van der Waals surface area contributed by atoms with Crippen LogP contribution in [0.4, 0.5) is 5.69 Å². The fourth-order valence-corrected chi connectivity index (χ4v) is 3.85. The summed E-state index contributed by atoms with van der Waals surface area (Å²) in [7, 11) is 0. The van der Waals surface area contributed by atoms with Gasteiger partial charge in [-0.05, 0) is 41.9 Å². The van der Waals surface area contributed by atoms with Gasteiger partial charge >= 0.3 is 5.97 Å². The molecule has 1 aromatic rings. The second-order valence-electron chi connectivity index (χ2n) is 7.60. The molecule has 0 aromatic heterocycles. The van der Waals surface area contributed by atoms with Crippen molar-refractivity contribution in [1.82, 2.24) is 0 Å². The minimum absolute atomic E-state index is 0.0258. The third-order valence-corrected chi connectivity index (χ3v) is 5.16. The molecule has 0 spiro atoms. The average Bonchev–Trinajstić information content (AvgIpc) is 3.10. The van der Waals surface area contributed by atoms with Gasteiger partial charge in [-0.15, -0.1) is 0 Å². The van der Waals surface area contributed by atoms with Gasteiger partial charge in [-0.1, -0.05) is 32.9 Å². The maximum atomic E-state index is 11.9. The van der Waals surface area contributed by atoms with Crippen LogP contribution >= 0.6 is 0 Å². The van der Waals surface area contributed by atoms with Gasteiger partial charge in [0.2, 0.25) is 5.91 Å². The first kappa shape index (κ1) is 15.1. The van der Waals surface area contributed by atoms with E-state index in [4.69, 9.17) is 0 Å². The fourth-order valence-electron chi connectivity index (χ4n) is 3.85. The maximum Gasteiger partial charge on any atom is 0.314 e. The molecule has 2 aliphatic rings. The molecule has 3 rings (SSSR count). The molecule has 1 saturated heterocycles. The van der Waals surface area contributed by atoms with Gasteiger partial charge in [0.15, 0.2) is 0 Å². The van der Waals surface area contributed by atoms with Crippen LogP contribution in [-0.4, -0.2) is 23.5 Å². The number of carboxylic acid groups (broad SMARTS) is 1. The van der Waals surface area contributed by atoms with E-state index in [1.807, 2.05) is 24.3 Å². The van der Waals surface area contributed by atoms with Gasteiger partial charge < -0.3 is 10.0 Å². The second-order valence-corrected chi connectivity index (χ2v) is 7.60. The number of aliphatic carboxylic acids is 1. The Morgan fingerprint density at radius 1 is 1.27 bits per heavy atom. The summed E-state index contributed by atoms with van der Waals surface area (Å²) < 4.78 is 0. The lowest BCUT2D eigenvalue weighted by molar-refractivity contribution is -0.141. The zero-order valence-electron chi connectivity index (χ0n) is 13.4. The van der Waals surface area contributed by atoms with E-state index in [2.05, 4.69) is 20.8 Å². The van der Waals surface area contributed by atoms with Crippen LogP contribution < -0.4 is 4.90 Å². The van der Waals surface area contributed by atoms with Gasteiger partial charge in [-0.25, -0.2) is 0 Å². The predicted octanol–water partition coefficient (Wildman–Crippen LogP) is 3.20. The van der Waals surface area contributed by atoms with E-state index in [9.17, 15) is 14.7 Å². The summed E-state index contributed by atoms with van der Waals surface area (Å²) in [6.07, 6.45) is 2.19.